The Labute approximate surface area is 145 Å². The second-order valence-corrected chi connectivity index (χ2v) is 5.38. The second kappa shape index (κ2) is 7.44. The molecule has 0 aliphatic heterocycles. The standard InChI is InChI=1S/C19H17N3O3/c1-13-12-15(24-2)9-10-16(13)18-19(22-25-21-18)20-17(23)11-8-14-6-4-3-5-7-14/h3-12H,1-2H3,(H,20,22,23)/b11-8+. The van der Waals surface area contributed by atoms with Gasteiger partial charge in [-0.2, -0.15) is 0 Å². The predicted octanol–water partition coefficient (Wildman–Crippen LogP) is 3.71. The number of ether oxygens (including phenoxy) is 1. The lowest BCUT2D eigenvalue weighted by atomic mass is 10.1. The molecule has 0 saturated carbocycles. The zero-order chi connectivity index (χ0) is 17.6. The molecule has 1 aromatic heterocycles. The van der Waals surface area contributed by atoms with Crippen molar-refractivity contribution < 1.29 is 14.2 Å². The van der Waals surface area contributed by atoms with Gasteiger partial charge in [0.1, 0.15) is 5.75 Å². The first-order valence-electron chi connectivity index (χ1n) is 7.69. The van der Waals surface area contributed by atoms with E-state index in [1.165, 1.54) is 6.08 Å². The molecule has 1 heterocycles. The summed E-state index contributed by atoms with van der Waals surface area (Å²) < 4.78 is 10.0. The number of benzene rings is 2. The summed E-state index contributed by atoms with van der Waals surface area (Å²) in [6, 6.07) is 15.1. The van der Waals surface area contributed by atoms with Gasteiger partial charge in [0.2, 0.25) is 11.7 Å². The van der Waals surface area contributed by atoms with Crippen LogP contribution in [0.1, 0.15) is 11.1 Å². The number of carbonyl (C=O) groups excluding carboxylic acids is 1. The Bertz CT molecular complexity index is 901. The molecule has 2 aromatic carbocycles. The highest BCUT2D eigenvalue weighted by atomic mass is 16.6. The number of rotatable bonds is 5. The van der Waals surface area contributed by atoms with Gasteiger partial charge in [-0.25, -0.2) is 4.63 Å². The zero-order valence-corrected chi connectivity index (χ0v) is 13.9. The number of aromatic nitrogens is 2. The van der Waals surface area contributed by atoms with Crippen LogP contribution in [0.2, 0.25) is 0 Å². The Morgan fingerprint density at radius 2 is 1.96 bits per heavy atom. The van der Waals surface area contributed by atoms with Crippen LogP contribution < -0.4 is 10.1 Å². The van der Waals surface area contributed by atoms with Crippen molar-refractivity contribution in [2.45, 2.75) is 6.92 Å². The number of nitrogens with one attached hydrogen (secondary N) is 1. The number of methoxy groups -OCH3 is 1. The zero-order valence-electron chi connectivity index (χ0n) is 13.9. The lowest BCUT2D eigenvalue weighted by molar-refractivity contribution is -0.111. The molecule has 25 heavy (non-hydrogen) atoms. The summed E-state index contributed by atoms with van der Waals surface area (Å²) in [4.78, 5) is 12.1. The monoisotopic (exact) mass is 335 g/mol. The molecule has 1 N–H and O–H groups in total. The molecule has 1 amide bonds. The third-order valence-corrected chi connectivity index (χ3v) is 3.65. The molecular formula is C19H17N3O3. The van der Waals surface area contributed by atoms with Crippen LogP contribution in [0.25, 0.3) is 17.3 Å². The molecule has 0 atom stereocenters. The van der Waals surface area contributed by atoms with Gasteiger partial charge in [0, 0.05) is 11.6 Å². The first-order valence-corrected chi connectivity index (χ1v) is 7.69. The van der Waals surface area contributed by atoms with Crippen molar-refractivity contribution in [2.24, 2.45) is 0 Å². The second-order valence-electron chi connectivity index (χ2n) is 5.38. The fourth-order valence-electron chi connectivity index (χ4n) is 2.37. The highest BCUT2D eigenvalue weighted by molar-refractivity contribution is 6.03. The van der Waals surface area contributed by atoms with Crippen molar-refractivity contribution in [1.29, 1.82) is 0 Å². The van der Waals surface area contributed by atoms with E-state index in [2.05, 4.69) is 15.6 Å². The van der Waals surface area contributed by atoms with Crippen LogP contribution in [0.5, 0.6) is 5.75 Å². The van der Waals surface area contributed by atoms with E-state index in [9.17, 15) is 4.79 Å². The Kier molecular flexibility index (Phi) is 4.89. The SMILES string of the molecule is COc1ccc(-c2nonc2NC(=O)/C=C/c2ccccc2)c(C)c1. The molecule has 0 aliphatic rings. The molecule has 6 nitrogen and oxygen atoms in total. The Hall–Kier alpha value is -3.41. The van der Waals surface area contributed by atoms with E-state index in [1.54, 1.807) is 13.2 Å². The predicted molar refractivity (Wildman–Crippen MR) is 95.1 cm³/mol. The van der Waals surface area contributed by atoms with Crippen LogP contribution in [0.4, 0.5) is 5.82 Å². The maximum absolute atomic E-state index is 12.1. The number of amides is 1. The number of nitrogens with zero attached hydrogens (tertiary/aromatic N) is 2. The van der Waals surface area contributed by atoms with Gasteiger partial charge in [-0.05, 0) is 52.6 Å². The summed E-state index contributed by atoms with van der Waals surface area (Å²) in [5.41, 5.74) is 3.15. The minimum absolute atomic E-state index is 0.274. The number of hydrogen-bond acceptors (Lipinski definition) is 5. The average molecular weight is 335 g/mol. The van der Waals surface area contributed by atoms with Gasteiger partial charge in [-0.15, -0.1) is 0 Å². The first-order chi connectivity index (χ1) is 12.2. The topological polar surface area (TPSA) is 77.2 Å². The van der Waals surface area contributed by atoms with Gasteiger partial charge in [0.05, 0.1) is 7.11 Å². The Balaban J connectivity index is 1.78. The lowest BCUT2D eigenvalue weighted by Gasteiger charge is -2.06. The van der Waals surface area contributed by atoms with E-state index in [-0.39, 0.29) is 11.7 Å². The van der Waals surface area contributed by atoms with Crippen molar-refractivity contribution in [3.05, 3.63) is 65.7 Å². The summed E-state index contributed by atoms with van der Waals surface area (Å²) in [7, 11) is 1.61. The van der Waals surface area contributed by atoms with E-state index in [0.29, 0.717) is 5.69 Å². The third-order valence-electron chi connectivity index (χ3n) is 3.65. The van der Waals surface area contributed by atoms with Crippen molar-refractivity contribution in [1.82, 2.24) is 10.3 Å². The number of anilines is 1. The van der Waals surface area contributed by atoms with Gasteiger partial charge in [-0.3, -0.25) is 4.79 Å². The van der Waals surface area contributed by atoms with E-state index < -0.39 is 0 Å². The maximum Gasteiger partial charge on any atom is 0.249 e. The fourth-order valence-corrected chi connectivity index (χ4v) is 2.37. The summed E-state index contributed by atoms with van der Waals surface area (Å²) >= 11 is 0. The van der Waals surface area contributed by atoms with Crippen LogP contribution in [-0.4, -0.2) is 23.3 Å². The van der Waals surface area contributed by atoms with Crippen LogP contribution in [-0.2, 0) is 4.79 Å². The van der Waals surface area contributed by atoms with Crippen LogP contribution in [0.3, 0.4) is 0 Å². The molecule has 6 heteroatoms. The van der Waals surface area contributed by atoms with E-state index in [0.717, 1.165) is 22.4 Å². The highest BCUT2D eigenvalue weighted by Gasteiger charge is 2.16. The number of hydrogen-bond donors (Lipinski definition) is 1. The molecule has 0 aliphatic carbocycles. The maximum atomic E-state index is 12.1. The first kappa shape index (κ1) is 16.4. The van der Waals surface area contributed by atoms with Crippen molar-refractivity contribution >= 4 is 17.8 Å². The fraction of sp³-hybridized carbons (Fsp3) is 0.105. The van der Waals surface area contributed by atoms with Gasteiger partial charge in [-0.1, -0.05) is 30.3 Å². The molecular weight excluding hydrogens is 318 g/mol. The van der Waals surface area contributed by atoms with Gasteiger partial charge in [0.15, 0.2) is 5.69 Å². The Morgan fingerprint density at radius 1 is 1.16 bits per heavy atom. The number of carbonyl (C=O) groups is 1. The molecule has 0 unspecified atom stereocenters. The Morgan fingerprint density at radius 3 is 2.68 bits per heavy atom. The largest absolute Gasteiger partial charge is 0.497 e. The van der Waals surface area contributed by atoms with Crippen LogP contribution in [0.15, 0.2) is 59.2 Å². The minimum atomic E-state index is -0.313. The molecule has 3 aromatic rings. The van der Waals surface area contributed by atoms with Crippen LogP contribution >= 0.6 is 0 Å². The summed E-state index contributed by atoms with van der Waals surface area (Å²) in [6.45, 7) is 1.92. The van der Waals surface area contributed by atoms with E-state index in [1.807, 2.05) is 55.5 Å². The molecule has 0 saturated heterocycles. The average Bonchev–Trinajstić information content (AvgIpc) is 3.08. The summed E-state index contributed by atoms with van der Waals surface area (Å²) in [5, 5.41) is 10.4. The van der Waals surface area contributed by atoms with Gasteiger partial charge in [0.25, 0.3) is 0 Å². The molecule has 0 fully saturated rings. The van der Waals surface area contributed by atoms with Crippen molar-refractivity contribution in [3.8, 4) is 17.0 Å². The molecule has 0 bridgehead atoms. The summed E-state index contributed by atoms with van der Waals surface area (Å²) in [5.74, 6) is 0.706. The molecule has 126 valence electrons. The highest BCUT2D eigenvalue weighted by Crippen LogP contribution is 2.29. The summed E-state index contributed by atoms with van der Waals surface area (Å²) in [6.07, 6.45) is 3.16. The third kappa shape index (κ3) is 3.92. The quantitative estimate of drug-likeness (QED) is 0.719. The van der Waals surface area contributed by atoms with E-state index in [4.69, 9.17) is 9.37 Å². The van der Waals surface area contributed by atoms with Gasteiger partial charge < -0.3 is 10.1 Å². The number of aryl methyl sites for hydroxylation is 1. The van der Waals surface area contributed by atoms with Crippen molar-refractivity contribution in [3.63, 3.8) is 0 Å². The van der Waals surface area contributed by atoms with Gasteiger partial charge >= 0.3 is 0 Å². The van der Waals surface area contributed by atoms with E-state index >= 15 is 0 Å². The molecule has 0 spiro atoms. The lowest BCUT2D eigenvalue weighted by Crippen LogP contribution is -2.09. The molecule has 0 radical (unpaired) electrons. The molecule has 3 rings (SSSR count). The normalized spacial score (nSPS) is 10.8. The minimum Gasteiger partial charge on any atom is -0.497 e. The smallest absolute Gasteiger partial charge is 0.249 e. The van der Waals surface area contributed by atoms with Crippen LogP contribution in [0, 0.1) is 6.92 Å². The van der Waals surface area contributed by atoms with Crippen molar-refractivity contribution in [2.75, 3.05) is 12.4 Å².